The summed E-state index contributed by atoms with van der Waals surface area (Å²) in [6, 6.07) is 17.5. The van der Waals surface area contributed by atoms with Gasteiger partial charge in [0.1, 0.15) is 0 Å². The lowest BCUT2D eigenvalue weighted by Gasteiger charge is -2.32. The minimum Gasteiger partial charge on any atom is -0.378 e. The molecule has 3 nitrogen and oxygen atoms in total. The van der Waals surface area contributed by atoms with Crippen LogP contribution in [0.15, 0.2) is 54.6 Å². The first-order valence-electron chi connectivity index (χ1n) is 6.55. The molecule has 0 amide bonds. The normalized spacial score (nSPS) is 20.9. The van der Waals surface area contributed by atoms with Gasteiger partial charge in [-0.2, -0.15) is 8.42 Å². The summed E-state index contributed by atoms with van der Waals surface area (Å²) in [5.41, 5.74) is 3.02. The number of anilines is 1. The molecule has 0 saturated carbocycles. The van der Waals surface area contributed by atoms with Crippen LogP contribution in [0.4, 0.5) is 5.69 Å². The summed E-state index contributed by atoms with van der Waals surface area (Å²) in [6.45, 7) is 1.89. The zero-order chi connectivity index (χ0) is 14.1. The first-order chi connectivity index (χ1) is 9.68. The molecule has 0 fully saturated rings. The summed E-state index contributed by atoms with van der Waals surface area (Å²) in [7, 11) is -2.22. The zero-order valence-corrected chi connectivity index (χ0v) is 11.9. The maximum Gasteiger partial charge on any atom is 0.216 e. The minimum atomic E-state index is -2.22. The van der Waals surface area contributed by atoms with Crippen LogP contribution in [-0.4, -0.2) is 19.3 Å². The molecule has 0 bridgehead atoms. The van der Waals surface area contributed by atoms with Gasteiger partial charge >= 0.3 is 0 Å². The Bertz CT molecular complexity index is 758. The molecule has 4 heteroatoms. The van der Waals surface area contributed by atoms with E-state index in [1.165, 1.54) is 0 Å². The lowest BCUT2D eigenvalue weighted by atomic mass is 9.82. The highest BCUT2D eigenvalue weighted by molar-refractivity contribution is 7.73. The predicted molar refractivity (Wildman–Crippen MR) is 81.7 cm³/mol. The Morgan fingerprint density at radius 1 is 0.950 bits per heavy atom. The van der Waals surface area contributed by atoms with Crippen molar-refractivity contribution in [3.8, 4) is 0 Å². The Hall–Kier alpha value is -2.07. The number of rotatable bonds is 1. The van der Waals surface area contributed by atoms with Crippen LogP contribution in [0, 0.1) is 0 Å². The molecule has 1 aliphatic heterocycles. The molecule has 2 unspecified atom stereocenters. The first kappa shape index (κ1) is 12.9. The molecule has 2 atom stereocenters. The Balaban J connectivity index is 2.29. The largest absolute Gasteiger partial charge is 0.378 e. The van der Waals surface area contributed by atoms with Crippen molar-refractivity contribution in [3.05, 3.63) is 65.7 Å². The number of para-hydroxylation sites is 1. The molecular formula is C16H15NO2S. The first-order valence-corrected chi connectivity index (χ1v) is 7.62. The van der Waals surface area contributed by atoms with Crippen molar-refractivity contribution in [3.63, 3.8) is 0 Å². The second-order valence-corrected chi connectivity index (χ2v) is 5.87. The maximum atomic E-state index is 11.7. The summed E-state index contributed by atoms with van der Waals surface area (Å²) in [6.07, 6.45) is 0. The lowest BCUT2D eigenvalue weighted by molar-refractivity contribution is 0.625. The smallest absolute Gasteiger partial charge is 0.216 e. The van der Waals surface area contributed by atoms with E-state index in [0.29, 0.717) is 4.86 Å². The number of benzene rings is 2. The fourth-order valence-electron chi connectivity index (χ4n) is 2.82. The highest BCUT2D eigenvalue weighted by Crippen LogP contribution is 2.36. The highest BCUT2D eigenvalue weighted by atomic mass is 32.2. The van der Waals surface area contributed by atoms with Gasteiger partial charge in [0.15, 0.2) is 0 Å². The Labute approximate surface area is 119 Å². The highest BCUT2D eigenvalue weighted by Gasteiger charge is 2.32. The van der Waals surface area contributed by atoms with E-state index in [0.717, 1.165) is 16.8 Å². The quantitative estimate of drug-likeness (QED) is 0.819. The molecule has 0 spiro atoms. The summed E-state index contributed by atoms with van der Waals surface area (Å²) in [5.74, 6) is -0.206. The Morgan fingerprint density at radius 2 is 1.60 bits per heavy atom. The topological polar surface area (TPSA) is 46.2 Å². The van der Waals surface area contributed by atoms with Gasteiger partial charge in [-0.1, -0.05) is 48.5 Å². The Kier molecular flexibility index (Phi) is 3.32. The number of hydrogen-bond donors (Lipinski definition) is 1. The van der Waals surface area contributed by atoms with E-state index in [2.05, 4.69) is 5.32 Å². The van der Waals surface area contributed by atoms with Gasteiger partial charge in [0.05, 0.1) is 10.9 Å². The summed E-state index contributed by atoms with van der Waals surface area (Å²) >= 11 is 0. The second kappa shape index (κ2) is 5.13. The maximum absolute atomic E-state index is 11.7. The molecule has 2 aromatic carbocycles. The Morgan fingerprint density at radius 3 is 2.30 bits per heavy atom. The third-order valence-electron chi connectivity index (χ3n) is 3.68. The standard InChI is InChI=1S/C16H15NO2S/c1-11-16(20(18)19)15(12-7-3-2-4-8-12)13-9-5-6-10-14(13)17-11/h2-11,15,17H,1H3. The van der Waals surface area contributed by atoms with Crippen LogP contribution < -0.4 is 5.32 Å². The van der Waals surface area contributed by atoms with Gasteiger partial charge in [0.2, 0.25) is 10.3 Å². The van der Waals surface area contributed by atoms with Gasteiger partial charge in [-0.05, 0) is 24.1 Å². The van der Waals surface area contributed by atoms with E-state index in [-0.39, 0.29) is 12.0 Å². The van der Waals surface area contributed by atoms with Crippen molar-refractivity contribution in [2.45, 2.75) is 18.9 Å². The van der Waals surface area contributed by atoms with Crippen molar-refractivity contribution in [1.29, 1.82) is 0 Å². The van der Waals surface area contributed by atoms with E-state index >= 15 is 0 Å². The van der Waals surface area contributed by atoms with Gasteiger partial charge in [0, 0.05) is 11.6 Å². The van der Waals surface area contributed by atoms with Crippen molar-refractivity contribution in [2.24, 2.45) is 0 Å². The zero-order valence-electron chi connectivity index (χ0n) is 11.1. The van der Waals surface area contributed by atoms with E-state index in [1.54, 1.807) is 0 Å². The van der Waals surface area contributed by atoms with Crippen molar-refractivity contribution in [2.75, 3.05) is 5.32 Å². The van der Waals surface area contributed by atoms with E-state index in [4.69, 9.17) is 0 Å². The predicted octanol–water partition coefficient (Wildman–Crippen LogP) is 2.68. The summed E-state index contributed by atoms with van der Waals surface area (Å²) in [5, 5.41) is 3.26. The summed E-state index contributed by atoms with van der Waals surface area (Å²) < 4.78 is 23.4. The number of hydrogen-bond acceptors (Lipinski definition) is 3. The molecular weight excluding hydrogens is 270 g/mol. The average molecular weight is 285 g/mol. The molecule has 20 heavy (non-hydrogen) atoms. The SMILES string of the molecule is CC1Nc2ccccc2C(c2ccccc2)C1=S(=O)=O. The van der Waals surface area contributed by atoms with Crippen LogP contribution in [0.2, 0.25) is 0 Å². The van der Waals surface area contributed by atoms with Crippen LogP contribution in [0.25, 0.3) is 0 Å². The fraction of sp³-hybridized carbons (Fsp3) is 0.188. The van der Waals surface area contributed by atoms with Crippen LogP contribution in [0.3, 0.4) is 0 Å². The fourth-order valence-corrected chi connectivity index (χ4v) is 3.62. The van der Waals surface area contributed by atoms with Crippen molar-refractivity contribution >= 4 is 20.8 Å². The number of nitrogens with one attached hydrogen (secondary N) is 1. The van der Waals surface area contributed by atoms with E-state index in [9.17, 15) is 8.42 Å². The molecule has 102 valence electrons. The minimum absolute atomic E-state index is 0.201. The van der Waals surface area contributed by atoms with E-state index in [1.807, 2.05) is 61.5 Å². The van der Waals surface area contributed by atoms with Gasteiger partial charge in [-0.3, -0.25) is 0 Å². The third-order valence-corrected chi connectivity index (χ3v) is 4.65. The lowest BCUT2D eigenvalue weighted by Crippen LogP contribution is -2.37. The summed E-state index contributed by atoms with van der Waals surface area (Å²) in [4.78, 5) is 0.495. The van der Waals surface area contributed by atoms with Crippen LogP contribution in [-0.2, 0) is 10.3 Å². The molecule has 3 rings (SSSR count). The van der Waals surface area contributed by atoms with Crippen LogP contribution >= 0.6 is 0 Å². The second-order valence-electron chi connectivity index (χ2n) is 4.93. The van der Waals surface area contributed by atoms with Crippen molar-refractivity contribution in [1.82, 2.24) is 0 Å². The molecule has 0 radical (unpaired) electrons. The van der Waals surface area contributed by atoms with Crippen LogP contribution in [0.1, 0.15) is 24.0 Å². The molecule has 0 aromatic heterocycles. The van der Waals surface area contributed by atoms with Crippen molar-refractivity contribution < 1.29 is 8.42 Å². The van der Waals surface area contributed by atoms with Gasteiger partial charge < -0.3 is 5.32 Å². The van der Waals surface area contributed by atoms with Gasteiger partial charge in [-0.25, -0.2) is 0 Å². The van der Waals surface area contributed by atoms with Gasteiger partial charge in [0.25, 0.3) is 0 Å². The number of fused-ring (bicyclic) bond motifs is 1. The molecule has 1 N–H and O–H groups in total. The third kappa shape index (κ3) is 2.12. The molecule has 2 aromatic rings. The molecule has 0 saturated heterocycles. The van der Waals surface area contributed by atoms with Crippen LogP contribution in [0.5, 0.6) is 0 Å². The van der Waals surface area contributed by atoms with E-state index < -0.39 is 10.3 Å². The molecule has 1 aliphatic rings. The average Bonchev–Trinajstić information content (AvgIpc) is 2.46. The van der Waals surface area contributed by atoms with Gasteiger partial charge in [-0.15, -0.1) is 0 Å². The molecule has 0 aliphatic carbocycles. The molecule has 1 heterocycles. The monoisotopic (exact) mass is 285 g/mol.